The number of alkyl halides is 3. The number of carboxylic acid groups (broad SMARTS) is 2. The van der Waals surface area contributed by atoms with Gasteiger partial charge in [-0.25, -0.2) is 14.6 Å². The Kier molecular flexibility index (Phi) is 9.55. The normalized spacial score (nSPS) is 11.9. The van der Waals surface area contributed by atoms with Crippen molar-refractivity contribution >= 4 is 23.5 Å². The fourth-order valence-corrected chi connectivity index (χ4v) is 3.21. The van der Waals surface area contributed by atoms with Crippen molar-refractivity contribution < 1.29 is 37.8 Å². The molecule has 5 N–H and O–H groups in total. The number of hydrogen-bond donors (Lipinski definition) is 4. The molecule has 0 aliphatic heterocycles. The van der Waals surface area contributed by atoms with Crippen LogP contribution in [0.15, 0.2) is 54.6 Å². The van der Waals surface area contributed by atoms with Gasteiger partial charge in [-0.3, -0.25) is 4.79 Å². The number of halogens is 3. The minimum Gasteiger partial charge on any atom is -0.478 e. The van der Waals surface area contributed by atoms with Gasteiger partial charge in [-0.2, -0.15) is 13.2 Å². The molecule has 0 aliphatic rings. The van der Waals surface area contributed by atoms with Crippen molar-refractivity contribution in [3.63, 3.8) is 0 Å². The number of benzene rings is 2. The molecule has 0 bridgehead atoms. The van der Waals surface area contributed by atoms with Crippen LogP contribution < -0.4 is 11.1 Å². The molecule has 0 aliphatic carbocycles. The molecular weight excluding hydrogens is 493 g/mol. The molecule has 3 aromatic rings. The number of hydrogen-bond acceptors (Lipinski definition) is 5. The Morgan fingerprint density at radius 2 is 1.65 bits per heavy atom. The number of carboxylic acids is 2. The van der Waals surface area contributed by atoms with Crippen LogP contribution in [0.5, 0.6) is 0 Å². The lowest BCUT2D eigenvalue weighted by molar-refractivity contribution is -0.192. The average molecular weight is 521 g/mol. The molecule has 0 spiro atoms. The third-order valence-corrected chi connectivity index (χ3v) is 5.28. The molecule has 37 heavy (non-hydrogen) atoms. The molecule has 0 saturated heterocycles. The number of aromatic carboxylic acids is 1. The van der Waals surface area contributed by atoms with Gasteiger partial charge in [0.1, 0.15) is 11.5 Å². The van der Waals surface area contributed by atoms with E-state index in [1.165, 1.54) is 12.1 Å². The third-order valence-electron chi connectivity index (χ3n) is 5.28. The highest BCUT2D eigenvalue weighted by Crippen LogP contribution is 2.24. The van der Waals surface area contributed by atoms with Gasteiger partial charge < -0.3 is 25.8 Å². The van der Waals surface area contributed by atoms with Gasteiger partial charge in [0.05, 0.1) is 11.6 Å². The number of imidazole rings is 1. The first kappa shape index (κ1) is 29.0. The molecule has 9 nitrogen and oxygen atoms in total. The Morgan fingerprint density at radius 1 is 1.05 bits per heavy atom. The Balaban J connectivity index is 0.000000604. The highest BCUT2D eigenvalue weighted by molar-refractivity contribution is 6.04. The van der Waals surface area contributed by atoms with Gasteiger partial charge in [-0.05, 0) is 36.6 Å². The molecule has 1 aromatic heterocycles. The van der Waals surface area contributed by atoms with Gasteiger partial charge in [0.25, 0.3) is 5.91 Å². The van der Waals surface area contributed by atoms with Gasteiger partial charge in [-0.15, -0.1) is 0 Å². The largest absolute Gasteiger partial charge is 0.490 e. The minimum atomic E-state index is -5.08. The van der Waals surface area contributed by atoms with E-state index in [1.54, 1.807) is 12.1 Å². The van der Waals surface area contributed by atoms with Crippen molar-refractivity contribution in [3.05, 3.63) is 82.9 Å². The quantitative estimate of drug-likeness (QED) is 0.359. The summed E-state index contributed by atoms with van der Waals surface area (Å²) in [6, 6.07) is 15.7. The fraction of sp³-hybridized carbons (Fsp3) is 0.280. The molecule has 2 aromatic carbocycles. The molecule has 1 heterocycles. The molecular formula is C25H27F3N4O5. The number of rotatable bonds is 7. The average Bonchev–Trinajstić information content (AvgIpc) is 3.15. The first-order chi connectivity index (χ1) is 17.2. The van der Waals surface area contributed by atoms with Crippen LogP contribution in [0, 0.1) is 12.8 Å². The van der Waals surface area contributed by atoms with E-state index in [1.807, 2.05) is 55.7 Å². The summed E-state index contributed by atoms with van der Waals surface area (Å²) < 4.78 is 33.7. The second-order valence-corrected chi connectivity index (χ2v) is 8.39. The maximum atomic E-state index is 13.0. The highest BCUT2D eigenvalue weighted by atomic mass is 19.4. The second kappa shape index (κ2) is 12.2. The van der Waals surface area contributed by atoms with E-state index in [2.05, 4.69) is 10.3 Å². The Morgan fingerprint density at radius 3 is 2.16 bits per heavy atom. The van der Waals surface area contributed by atoms with Gasteiger partial charge in [0.2, 0.25) is 0 Å². The van der Waals surface area contributed by atoms with Crippen molar-refractivity contribution in [2.24, 2.45) is 11.7 Å². The monoisotopic (exact) mass is 520 g/mol. The Hall–Kier alpha value is -4.19. The predicted molar refractivity (Wildman–Crippen MR) is 129 cm³/mol. The van der Waals surface area contributed by atoms with E-state index >= 15 is 0 Å². The van der Waals surface area contributed by atoms with E-state index in [-0.39, 0.29) is 23.2 Å². The number of aromatic nitrogens is 2. The summed E-state index contributed by atoms with van der Waals surface area (Å²) in [7, 11) is 0. The highest BCUT2D eigenvalue weighted by Gasteiger charge is 2.38. The number of amides is 1. The zero-order valence-corrected chi connectivity index (χ0v) is 20.3. The maximum absolute atomic E-state index is 13.0. The standard InChI is InChI=1S/C23H26N4O3.C2HF3O2/c1-14(2)19(24)21-26-20(15(3)27(21)13-16-8-5-4-6-9-16)22(28)25-18-11-7-10-17(12-18)23(29)30;3-2(4,5)1(6)7/h4-12,14,19H,13,24H2,1-3H3,(H,25,28)(H,29,30);(H,6,7)/t19-;/m0./s1. The van der Waals surface area contributed by atoms with Crippen molar-refractivity contribution in [2.45, 2.75) is 39.5 Å². The molecule has 0 unspecified atom stereocenters. The van der Waals surface area contributed by atoms with E-state index in [0.29, 0.717) is 23.8 Å². The summed E-state index contributed by atoms with van der Waals surface area (Å²) in [5.74, 6) is -3.42. The van der Waals surface area contributed by atoms with Crippen LogP contribution in [-0.2, 0) is 11.3 Å². The molecule has 0 saturated carbocycles. The first-order valence-electron chi connectivity index (χ1n) is 11.0. The maximum Gasteiger partial charge on any atom is 0.490 e. The van der Waals surface area contributed by atoms with Crippen molar-refractivity contribution in [1.29, 1.82) is 0 Å². The van der Waals surface area contributed by atoms with Crippen LogP contribution in [0.4, 0.5) is 18.9 Å². The lowest BCUT2D eigenvalue weighted by Crippen LogP contribution is -2.22. The zero-order valence-electron chi connectivity index (χ0n) is 20.3. The van der Waals surface area contributed by atoms with E-state index < -0.39 is 24.0 Å². The third kappa shape index (κ3) is 7.90. The summed E-state index contributed by atoms with van der Waals surface area (Å²) >= 11 is 0. The van der Waals surface area contributed by atoms with Crippen LogP contribution in [-0.4, -0.2) is 43.8 Å². The number of nitrogens with zero attached hydrogens (tertiary/aromatic N) is 2. The van der Waals surface area contributed by atoms with Crippen LogP contribution in [0.2, 0.25) is 0 Å². The SMILES string of the molecule is Cc1c(C(=O)Nc2cccc(C(=O)O)c2)nc([C@@H](N)C(C)C)n1Cc1ccccc1.O=C(O)C(F)(F)F. The number of anilines is 1. The molecule has 1 atom stereocenters. The summed E-state index contributed by atoms with van der Waals surface area (Å²) in [5, 5.41) is 19.0. The van der Waals surface area contributed by atoms with Crippen molar-refractivity contribution in [2.75, 3.05) is 5.32 Å². The minimum absolute atomic E-state index is 0.0987. The smallest absolute Gasteiger partial charge is 0.478 e. The molecule has 198 valence electrons. The molecule has 3 rings (SSSR count). The van der Waals surface area contributed by atoms with Gasteiger partial charge in [0.15, 0.2) is 0 Å². The van der Waals surface area contributed by atoms with E-state index in [4.69, 9.17) is 20.7 Å². The number of carbonyl (C=O) groups is 3. The number of nitrogens with one attached hydrogen (secondary N) is 1. The molecule has 0 fully saturated rings. The lowest BCUT2D eigenvalue weighted by atomic mass is 10.0. The van der Waals surface area contributed by atoms with Crippen molar-refractivity contribution in [1.82, 2.24) is 9.55 Å². The van der Waals surface area contributed by atoms with Crippen LogP contribution >= 0.6 is 0 Å². The van der Waals surface area contributed by atoms with Crippen LogP contribution in [0.3, 0.4) is 0 Å². The van der Waals surface area contributed by atoms with E-state index in [9.17, 15) is 22.8 Å². The Bertz CT molecular complexity index is 1260. The lowest BCUT2D eigenvalue weighted by Gasteiger charge is -2.18. The van der Waals surface area contributed by atoms with Crippen LogP contribution in [0.1, 0.15) is 57.8 Å². The fourth-order valence-electron chi connectivity index (χ4n) is 3.21. The number of aliphatic carboxylic acids is 1. The molecule has 0 radical (unpaired) electrons. The molecule has 12 heteroatoms. The topological polar surface area (TPSA) is 148 Å². The molecule has 1 amide bonds. The van der Waals surface area contributed by atoms with Crippen molar-refractivity contribution in [3.8, 4) is 0 Å². The Labute approximate surface area is 210 Å². The summed E-state index contributed by atoms with van der Waals surface area (Å²) in [5.41, 5.74) is 8.95. The predicted octanol–water partition coefficient (Wildman–Crippen LogP) is 4.48. The number of carbonyl (C=O) groups excluding carboxylic acids is 1. The van der Waals surface area contributed by atoms with Gasteiger partial charge in [-0.1, -0.05) is 50.2 Å². The number of nitrogens with two attached hydrogens (primary N) is 1. The van der Waals surface area contributed by atoms with E-state index in [0.717, 1.165) is 5.56 Å². The zero-order chi connectivity index (χ0) is 27.9. The summed E-state index contributed by atoms with van der Waals surface area (Å²) in [6.45, 7) is 6.42. The van der Waals surface area contributed by atoms with Crippen LogP contribution in [0.25, 0.3) is 0 Å². The van der Waals surface area contributed by atoms with Gasteiger partial charge >= 0.3 is 18.1 Å². The summed E-state index contributed by atoms with van der Waals surface area (Å²) in [6.07, 6.45) is -5.08. The summed E-state index contributed by atoms with van der Waals surface area (Å²) in [4.78, 5) is 37.6. The van der Waals surface area contributed by atoms with Gasteiger partial charge in [0, 0.05) is 17.9 Å². The first-order valence-corrected chi connectivity index (χ1v) is 11.0. The second-order valence-electron chi connectivity index (χ2n) is 8.39.